The highest BCUT2D eigenvalue weighted by Crippen LogP contribution is 2.32. The summed E-state index contributed by atoms with van der Waals surface area (Å²) in [5.74, 6) is 2.36. The van der Waals surface area contributed by atoms with Crippen LogP contribution in [0.5, 0.6) is 5.88 Å². The minimum atomic E-state index is 0.595. The Bertz CT molecular complexity index is 668. The van der Waals surface area contributed by atoms with Crippen LogP contribution in [0.2, 0.25) is 0 Å². The molecule has 0 unspecified atom stereocenters. The maximum atomic E-state index is 5.56. The van der Waals surface area contributed by atoms with Gasteiger partial charge in [-0.1, -0.05) is 20.8 Å². The lowest BCUT2D eigenvalue weighted by Crippen LogP contribution is -2.27. The summed E-state index contributed by atoms with van der Waals surface area (Å²) in [6.07, 6.45) is 1.80. The van der Waals surface area contributed by atoms with Crippen molar-refractivity contribution in [3.63, 3.8) is 0 Å². The molecule has 3 heterocycles. The normalized spacial score (nSPS) is 14.8. The highest BCUT2D eigenvalue weighted by atomic mass is 16.5. The summed E-state index contributed by atoms with van der Waals surface area (Å²) >= 11 is 0. The molecule has 24 heavy (non-hydrogen) atoms. The maximum absolute atomic E-state index is 5.56. The molecule has 0 saturated carbocycles. The molecule has 0 atom stereocenters. The molecule has 0 aliphatic carbocycles. The van der Waals surface area contributed by atoms with Gasteiger partial charge in [0.1, 0.15) is 17.0 Å². The predicted molar refractivity (Wildman–Crippen MR) is 97.0 cm³/mol. The van der Waals surface area contributed by atoms with Crippen molar-refractivity contribution >= 4 is 16.7 Å². The van der Waals surface area contributed by atoms with Crippen LogP contribution in [0.1, 0.15) is 38.7 Å². The lowest BCUT2D eigenvalue weighted by molar-refractivity contribution is 0.152. The number of ether oxygens (including phenoxy) is 2. The van der Waals surface area contributed by atoms with E-state index in [1.165, 1.54) is 0 Å². The summed E-state index contributed by atoms with van der Waals surface area (Å²) in [6, 6.07) is 2.00. The number of aromatic nitrogens is 3. The quantitative estimate of drug-likeness (QED) is 0.860. The van der Waals surface area contributed by atoms with Gasteiger partial charge in [-0.15, -0.1) is 0 Å². The number of methoxy groups -OCH3 is 1. The minimum Gasteiger partial charge on any atom is -0.480 e. The molecule has 3 rings (SSSR count). The summed E-state index contributed by atoms with van der Waals surface area (Å²) in [5, 5.41) is 0.896. The van der Waals surface area contributed by atoms with Gasteiger partial charge in [0.2, 0.25) is 5.88 Å². The Kier molecular flexibility index (Phi) is 6.73. The van der Waals surface area contributed by atoms with Crippen LogP contribution in [-0.2, 0) is 11.2 Å². The van der Waals surface area contributed by atoms with Crippen LogP contribution in [0.4, 0.5) is 5.82 Å². The number of hydrogen-bond donors (Lipinski definition) is 0. The molecule has 6 nitrogen and oxygen atoms in total. The van der Waals surface area contributed by atoms with Gasteiger partial charge in [-0.3, -0.25) is 0 Å². The number of nitrogens with zero attached hydrogens (tertiary/aromatic N) is 4. The van der Waals surface area contributed by atoms with Crippen LogP contribution in [0.3, 0.4) is 0 Å². The second-order valence-electron chi connectivity index (χ2n) is 5.44. The van der Waals surface area contributed by atoms with Gasteiger partial charge in [0.05, 0.1) is 19.2 Å². The number of aryl methyl sites for hydroxylation is 2. The summed E-state index contributed by atoms with van der Waals surface area (Å²) in [7, 11) is 1.64. The van der Waals surface area contributed by atoms with E-state index in [1.54, 1.807) is 7.11 Å². The van der Waals surface area contributed by atoms with Crippen molar-refractivity contribution in [3.8, 4) is 5.88 Å². The summed E-state index contributed by atoms with van der Waals surface area (Å²) in [5.41, 5.74) is 1.80. The fourth-order valence-corrected chi connectivity index (χ4v) is 2.76. The summed E-state index contributed by atoms with van der Waals surface area (Å²) in [6.45, 7) is 11.3. The first-order chi connectivity index (χ1) is 11.7. The molecule has 0 amide bonds. The molecular formula is C18H28N4O2. The smallest absolute Gasteiger partial charge is 0.226 e. The van der Waals surface area contributed by atoms with E-state index >= 15 is 0 Å². The van der Waals surface area contributed by atoms with Gasteiger partial charge in [-0.05, 0) is 19.4 Å². The van der Waals surface area contributed by atoms with Crippen LogP contribution >= 0.6 is 0 Å². The Balaban J connectivity index is 0.00000100. The zero-order chi connectivity index (χ0) is 17.5. The predicted octanol–water partition coefficient (Wildman–Crippen LogP) is 3.16. The van der Waals surface area contributed by atoms with Crippen LogP contribution in [0.15, 0.2) is 6.07 Å². The Morgan fingerprint density at radius 3 is 2.67 bits per heavy atom. The average Bonchev–Trinajstić information content (AvgIpc) is 2.90. The van der Waals surface area contributed by atoms with Gasteiger partial charge in [-0.25, -0.2) is 15.0 Å². The lowest BCUT2D eigenvalue weighted by atomic mass is 10.2. The monoisotopic (exact) mass is 332 g/mol. The summed E-state index contributed by atoms with van der Waals surface area (Å²) in [4.78, 5) is 16.2. The standard InChI is InChI=1S/C16H22N4O2.C2H6/c1-4-13-18-12-10-11(2)17-16(21-3)14(12)15(19-13)20-6-5-8-22-9-7-20;1-2/h10H,4-9H2,1-3H3;1-2H3. The van der Waals surface area contributed by atoms with Crippen LogP contribution < -0.4 is 9.64 Å². The second-order valence-corrected chi connectivity index (χ2v) is 5.44. The first-order valence-corrected chi connectivity index (χ1v) is 8.78. The van der Waals surface area contributed by atoms with Crippen molar-refractivity contribution in [2.75, 3.05) is 38.3 Å². The van der Waals surface area contributed by atoms with Gasteiger partial charge in [0.25, 0.3) is 0 Å². The van der Waals surface area contributed by atoms with Gasteiger partial charge < -0.3 is 14.4 Å². The van der Waals surface area contributed by atoms with Crippen molar-refractivity contribution in [2.45, 2.75) is 40.5 Å². The molecule has 0 aromatic carbocycles. The Hall–Kier alpha value is -1.95. The molecule has 1 aliphatic rings. The van der Waals surface area contributed by atoms with E-state index in [1.807, 2.05) is 26.8 Å². The number of pyridine rings is 1. The molecule has 1 aliphatic heterocycles. The zero-order valence-electron chi connectivity index (χ0n) is 15.4. The molecule has 1 fully saturated rings. The fraction of sp³-hybridized carbons (Fsp3) is 0.611. The van der Waals surface area contributed by atoms with Gasteiger partial charge in [0.15, 0.2) is 0 Å². The van der Waals surface area contributed by atoms with Gasteiger partial charge >= 0.3 is 0 Å². The molecule has 0 bridgehead atoms. The van der Waals surface area contributed by atoms with E-state index in [2.05, 4.69) is 21.8 Å². The molecule has 0 spiro atoms. The topological polar surface area (TPSA) is 60.4 Å². The van der Waals surface area contributed by atoms with Crippen molar-refractivity contribution in [1.29, 1.82) is 0 Å². The number of rotatable bonds is 3. The van der Waals surface area contributed by atoms with Crippen LogP contribution in [0.25, 0.3) is 10.9 Å². The minimum absolute atomic E-state index is 0.595. The van der Waals surface area contributed by atoms with E-state index in [0.29, 0.717) is 12.5 Å². The first-order valence-electron chi connectivity index (χ1n) is 8.78. The molecule has 6 heteroatoms. The van der Waals surface area contributed by atoms with Crippen LogP contribution in [0, 0.1) is 6.92 Å². The SMILES string of the molecule is CC.CCc1nc(N2CCCOCC2)c2c(OC)nc(C)cc2n1. The van der Waals surface area contributed by atoms with E-state index < -0.39 is 0 Å². The van der Waals surface area contributed by atoms with Crippen molar-refractivity contribution in [2.24, 2.45) is 0 Å². The third-order valence-corrected chi connectivity index (χ3v) is 3.83. The van der Waals surface area contributed by atoms with Crippen molar-refractivity contribution in [3.05, 3.63) is 17.6 Å². The third-order valence-electron chi connectivity index (χ3n) is 3.83. The molecule has 0 N–H and O–H groups in total. The number of anilines is 1. The van der Waals surface area contributed by atoms with Gasteiger partial charge in [0, 0.05) is 31.8 Å². The zero-order valence-corrected chi connectivity index (χ0v) is 15.4. The summed E-state index contributed by atoms with van der Waals surface area (Å²) < 4.78 is 11.1. The Morgan fingerprint density at radius 2 is 1.96 bits per heavy atom. The van der Waals surface area contributed by atoms with E-state index in [9.17, 15) is 0 Å². The lowest BCUT2D eigenvalue weighted by Gasteiger charge is -2.23. The molecule has 132 valence electrons. The van der Waals surface area contributed by atoms with Gasteiger partial charge in [-0.2, -0.15) is 0 Å². The largest absolute Gasteiger partial charge is 0.480 e. The van der Waals surface area contributed by atoms with E-state index in [0.717, 1.165) is 60.8 Å². The fourth-order valence-electron chi connectivity index (χ4n) is 2.76. The third kappa shape index (κ3) is 3.93. The Morgan fingerprint density at radius 1 is 1.17 bits per heavy atom. The van der Waals surface area contributed by atoms with E-state index in [-0.39, 0.29) is 0 Å². The molecule has 2 aromatic heterocycles. The molecule has 2 aromatic rings. The molecule has 1 saturated heterocycles. The van der Waals surface area contributed by atoms with Crippen molar-refractivity contribution < 1.29 is 9.47 Å². The number of hydrogen-bond acceptors (Lipinski definition) is 6. The highest BCUT2D eigenvalue weighted by molar-refractivity contribution is 5.94. The highest BCUT2D eigenvalue weighted by Gasteiger charge is 2.20. The molecule has 0 radical (unpaired) electrons. The van der Waals surface area contributed by atoms with Crippen molar-refractivity contribution in [1.82, 2.24) is 15.0 Å². The Labute approximate surface area is 144 Å². The first kappa shape index (κ1) is 18.4. The second kappa shape index (κ2) is 8.78. The molecular weight excluding hydrogens is 304 g/mol. The average molecular weight is 332 g/mol. The maximum Gasteiger partial charge on any atom is 0.226 e. The van der Waals surface area contributed by atoms with Crippen LogP contribution in [-0.4, -0.2) is 48.4 Å². The number of fused-ring (bicyclic) bond motifs is 1. The van der Waals surface area contributed by atoms with E-state index in [4.69, 9.17) is 14.5 Å².